The van der Waals surface area contributed by atoms with E-state index in [1.165, 1.54) is 22.9 Å². The fourth-order valence-electron chi connectivity index (χ4n) is 1.89. The van der Waals surface area contributed by atoms with Crippen LogP contribution in [0.2, 0.25) is 5.02 Å². The van der Waals surface area contributed by atoms with Crippen molar-refractivity contribution in [3.63, 3.8) is 0 Å². The zero-order chi connectivity index (χ0) is 15.0. The molecule has 0 spiro atoms. The number of hydrogen-bond acceptors (Lipinski definition) is 4. The summed E-state index contributed by atoms with van der Waals surface area (Å²) in [4.78, 5) is 0. The first-order valence-corrected chi connectivity index (χ1v) is 7.03. The Morgan fingerprint density at radius 1 is 1.24 bits per heavy atom. The molecule has 21 heavy (non-hydrogen) atoms. The fraction of sp³-hybridized carbons (Fsp3) is 0. The van der Waals surface area contributed by atoms with E-state index in [2.05, 4.69) is 31.5 Å². The van der Waals surface area contributed by atoms with E-state index in [9.17, 15) is 4.39 Å². The SMILES string of the molecule is Nc1cccc(-c2nnnn2-c2ccc(F)cc2Cl)c1Br. The molecule has 106 valence electrons. The normalized spacial score (nSPS) is 10.8. The van der Waals surface area contributed by atoms with Gasteiger partial charge < -0.3 is 5.73 Å². The van der Waals surface area contributed by atoms with Gasteiger partial charge in [-0.1, -0.05) is 17.7 Å². The Balaban J connectivity index is 2.20. The number of nitrogens with zero attached hydrogens (tertiary/aromatic N) is 4. The summed E-state index contributed by atoms with van der Waals surface area (Å²) in [5.74, 6) is 0.0196. The highest BCUT2D eigenvalue weighted by atomic mass is 79.9. The number of rotatable bonds is 2. The molecule has 0 bridgehead atoms. The predicted octanol–water partition coefficient (Wildman–Crippen LogP) is 3.47. The first-order chi connectivity index (χ1) is 10.1. The minimum atomic E-state index is -0.427. The molecule has 0 aliphatic rings. The maximum absolute atomic E-state index is 13.2. The molecule has 5 nitrogen and oxygen atoms in total. The van der Waals surface area contributed by atoms with Crippen LogP contribution in [0.4, 0.5) is 10.1 Å². The number of nitrogen functional groups attached to an aromatic ring is 1. The zero-order valence-electron chi connectivity index (χ0n) is 10.5. The summed E-state index contributed by atoms with van der Waals surface area (Å²) in [5, 5.41) is 11.8. The smallest absolute Gasteiger partial charge is 0.188 e. The largest absolute Gasteiger partial charge is 0.398 e. The summed E-state index contributed by atoms with van der Waals surface area (Å²) in [6, 6.07) is 9.38. The molecule has 2 N–H and O–H groups in total. The highest BCUT2D eigenvalue weighted by molar-refractivity contribution is 9.10. The molecule has 2 aromatic carbocycles. The Labute approximate surface area is 132 Å². The van der Waals surface area contributed by atoms with E-state index >= 15 is 0 Å². The lowest BCUT2D eigenvalue weighted by Crippen LogP contribution is -2.02. The van der Waals surface area contributed by atoms with Gasteiger partial charge in [-0.3, -0.25) is 0 Å². The van der Waals surface area contributed by atoms with Gasteiger partial charge in [0.2, 0.25) is 0 Å². The van der Waals surface area contributed by atoms with E-state index in [1.807, 2.05) is 6.07 Å². The van der Waals surface area contributed by atoms with Crippen molar-refractivity contribution in [3.8, 4) is 17.1 Å². The first-order valence-electron chi connectivity index (χ1n) is 5.86. The number of benzene rings is 2. The number of halogens is 3. The van der Waals surface area contributed by atoms with Crippen LogP contribution >= 0.6 is 27.5 Å². The lowest BCUT2D eigenvalue weighted by atomic mass is 10.2. The molecule has 0 saturated heterocycles. The number of aromatic nitrogens is 4. The van der Waals surface area contributed by atoms with Crippen LogP contribution in [0.3, 0.4) is 0 Å². The van der Waals surface area contributed by atoms with E-state index in [0.29, 0.717) is 27.2 Å². The second-order valence-corrected chi connectivity index (χ2v) is 5.42. The third-order valence-corrected chi connectivity index (χ3v) is 4.06. The standard InChI is InChI=1S/C13H8BrClFN5/c14-12-8(2-1-3-10(12)17)13-18-19-20-21(13)11-5-4-7(16)6-9(11)15/h1-6H,17H2. The van der Waals surface area contributed by atoms with Crippen molar-refractivity contribution in [3.05, 3.63) is 51.7 Å². The molecule has 0 aliphatic heterocycles. The summed E-state index contributed by atoms with van der Waals surface area (Å²) in [5.41, 5.74) is 7.61. The number of hydrogen-bond donors (Lipinski definition) is 1. The number of anilines is 1. The van der Waals surface area contributed by atoms with Gasteiger partial charge in [0, 0.05) is 11.3 Å². The van der Waals surface area contributed by atoms with Crippen LogP contribution in [-0.2, 0) is 0 Å². The Morgan fingerprint density at radius 2 is 2.05 bits per heavy atom. The molecule has 1 heterocycles. The van der Waals surface area contributed by atoms with E-state index in [4.69, 9.17) is 17.3 Å². The van der Waals surface area contributed by atoms with Crippen LogP contribution in [0.5, 0.6) is 0 Å². The van der Waals surface area contributed by atoms with Crippen molar-refractivity contribution < 1.29 is 4.39 Å². The first kappa shape index (κ1) is 14.0. The van der Waals surface area contributed by atoms with Crippen LogP contribution in [-0.4, -0.2) is 20.2 Å². The van der Waals surface area contributed by atoms with E-state index < -0.39 is 5.82 Å². The van der Waals surface area contributed by atoms with Gasteiger partial charge in [-0.2, -0.15) is 4.68 Å². The topological polar surface area (TPSA) is 69.6 Å². The molecule has 0 atom stereocenters. The Hall–Kier alpha value is -1.99. The zero-order valence-corrected chi connectivity index (χ0v) is 12.8. The molecule has 8 heteroatoms. The van der Waals surface area contributed by atoms with E-state index in [-0.39, 0.29) is 5.02 Å². The van der Waals surface area contributed by atoms with Crippen LogP contribution in [0.1, 0.15) is 0 Å². The van der Waals surface area contributed by atoms with Gasteiger partial charge in [-0.05, 0) is 56.7 Å². The second-order valence-electron chi connectivity index (χ2n) is 4.22. The monoisotopic (exact) mass is 367 g/mol. The highest BCUT2D eigenvalue weighted by Gasteiger charge is 2.16. The number of nitrogens with two attached hydrogens (primary N) is 1. The van der Waals surface area contributed by atoms with Crippen molar-refractivity contribution in [1.29, 1.82) is 0 Å². The summed E-state index contributed by atoms with van der Waals surface area (Å²) in [6.45, 7) is 0. The third kappa shape index (κ3) is 2.50. The average molecular weight is 369 g/mol. The second kappa shape index (κ2) is 5.42. The lowest BCUT2D eigenvalue weighted by Gasteiger charge is -2.09. The van der Waals surface area contributed by atoms with Crippen LogP contribution in [0.15, 0.2) is 40.9 Å². The lowest BCUT2D eigenvalue weighted by molar-refractivity contribution is 0.627. The average Bonchev–Trinajstić information content (AvgIpc) is 2.91. The molecule has 0 fully saturated rings. The Bertz CT molecular complexity index is 820. The van der Waals surface area contributed by atoms with E-state index in [1.54, 1.807) is 12.1 Å². The van der Waals surface area contributed by atoms with Gasteiger partial charge >= 0.3 is 0 Å². The summed E-state index contributed by atoms with van der Waals surface area (Å²) in [7, 11) is 0. The third-order valence-electron chi connectivity index (χ3n) is 2.88. The summed E-state index contributed by atoms with van der Waals surface area (Å²) < 4.78 is 15.3. The minimum absolute atomic E-state index is 0.212. The van der Waals surface area contributed by atoms with E-state index in [0.717, 1.165) is 0 Å². The van der Waals surface area contributed by atoms with Gasteiger partial charge in [-0.25, -0.2) is 4.39 Å². The van der Waals surface area contributed by atoms with Crippen molar-refractivity contribution in [2.45, 2.75) is 0 Å². The van der Waals surface area contributed by atoms with Crippen LogP contribution in [0.25, 0.3) is 17.1 Å². The molecule has 0 radical (unpaired) electrons. The maximum Gasteiger partial charge on any atom is 0.188 e. The van der Waals surface area contributed by atoms with Gasteiger partial charge in [0.1, 0.15) is 5.82 Å². The van der Waals surface area contributed by atoms with Crippen molar-refractivity contribution in [2.24, 2.45) is 0 Å². The highest BCUT2D eigenvalue weighted by Crippen LogP contribution is 2.33. The Morgan fingerprint density at radius 3 is 2.81 bits per heavy atom. The molecule has 0 unspecified atom stereocenters. The van der Waals surface area contributed by atoms with Gasteiger partial charge in [0.25, 0.3) is 0 Å². The molecular weight excluding hydrogens is 361 g/mol. The molecule has 0 amide bonds. The van der Waals surface area contributed by atoms with Crippen molar-refractivity contribution in [2.75, 3.05) is 5.73 Å². The van der Waals surface area contributed by atoms with Crippen LogP contribution < -0.4 is 5.73 Å². The molecule has 0 aliphatic carbocycles. The summed E-state index contributed by atoms with van der Waals surface area (Å²) >= 11 is 9.47. The minimum Gasteiger partial charge on any atom is -0.398 e. The molecule has 3 rings (SSSR count). The van der Waals surface area contributed by atoms with Gasteiger partial charge in [0.05, 0.1) is 15.2 Å². The van der Waals surface area contributed by atoms with Crippen molar-refractivity contribution >= 4 is 33.2 Å². The van der Waals surface area contributed by atoms with Gasteiger partial charge in [0.15, 0.2) is 5.82 Å². The Kier molecular flexibility index (Phi) is 3.60. The number of tetrazole rings is 1. The summed E-state index contributed by atoms with van der Waals surface area (Å²) in [6.07, 6.45) is 0. The molecule has 3 aromatic rings. The quantitative estimate of drug-likeness (QED) is 0.703. The fourth-order valence-corrected chi connectivity index (χ4v) is 2.58. The van der Waals surface area contributed by atoms with Gasteiger partial charge in [-0.15, -0.1) is 5.10 Å². The predicted molar refractivity (Wildman–Crippen MR) is 81.7 cm³/mol. The maximum atomic E-state index is 13.2. The molecule has 1 aromatic heterocycles. The molecule has 0 saturated carbocycles. The van der Waals surface area contributed by atoms with Crippen LogP contribution in [0, 0.1) is 5.82 Å². The molecular formula is C13H8BrClFN5. The van der Waals surface area contributed by atoms with Crippen molar-refractivity contribution in [1.82, 2.24) is 20.2 Å².